The van der Waals surface area contributed by atoms with Crippen molar-refractivity contribution >= 4 is 38.5 Å². The molecular weight excluding hydrogens is 446 g/mol. The highest BCUT2D eigenvalue weighted by molar-refractivity contribution is 7.92. The van der Waals surface area contributed by atoms with E-state index < -0.39 is 10.0 Å². The lowest BCUT2D eigenvalue weighted by molar-refractivity contribution is 0.425. The number of H-pyrrole nitrogens is 1. The van der Waals surface area contributed by atoms with Crippen LogP contribution in [0.15, 0.2) is 35.6 Å². The van der Waals surface area contributed by atoms with E-state index in [0.29, 0.717) is 29.5 Å². The molecule has 0 aliphatic rings. The largest absolute Gasteiger partial charge is 0.384 e. The number of nitrogens with two attached hydrogens (primary N) is 1. The number of aromatic nitrogens is 7. The second-order valence-electron chi connectivity index (χ2n) is 7.47. The van der Waals surface area contributed by atoms with Crippen LogP contribution in [0.1, 0.15) is 5.69 Å². The van der Waals surface area contributed by atoms with Gasteiger partial charge in [0.05, 0.1) is 23.5 Å². The Balaban J connectivity index is 1.59. The number of rotatable bonds is 8. The van der Waals surface area contributed by atoms with Gasteiger partial charge in [0, 0.05) is 19.3 Å². The minimum atomic E-state index is -3.89. The van der Waals surface area contributed by atoms with Crippen molar-refractivity contribution in [1.29, 1.82) is 0 Å². The first-order chi connectivity index (χ1) is 15.7. The number of nitrogens with one attached hydrogen (secondary N) is 3. The van der Waals surface area contributed by atoms with Crippen molar-refractivity contribution in [2.45, 2.75) is 11.8 Å². The first-order valence-corrected chi connectivity index (χ1v) is 11.4. The second kappa shape index (κ2) is 8.91. The zero-order valence-corrected chi connectivity index (χ0v) is 19.1. The number of hydrogen-bond acceptors (Lipinski definition) is 11. The summed E-state index contributed by atoms with van der Waals surface area (Å²) in [5.41, 5.74) is 7.22. The van der Waals surface area contributed by atoms with E-state index in [1.165, 1.54) is 30.7 Å². The monoisotopic (exact) mass is 469 g/mol. The predicted octanol–water partition coefficient (Wildman–Crippen LogP) is 0.870. The number of aromatic amines is 1. The molecule has 33 heavy (non-hydrogen) atoms. The summed E-state index contributed by atoms with van der Waals surface area (Å²) in [4.78, 5) is 23.3. The molecule has 0 aliphatic carbocycles. The number of aryl methyl sites for hydroxylation is 1. The van der Waals surface area contributed by atoms with Gasteiger partial charge < -0.3 is 16.0 Å². The summed E-state index contributed by atoms with van der Waals surface area (Å²) in [6.45, 7) is 3.36. The van der Waals surface area contributed by atoms with Crippen molar-refractivity contribution in [3.63, 3.8) is 0 Å². The van der Waals surface area contributed by atoms with Gasteiger partial charge in [-0.05, 0) is 33.2 Å². The standard InChI is InChI=1S/C19H23N11O2S/c1-11-16-18(21-6-7-30(2)3)25-17(26-19(16)28-27-11)13-9-24-15(10-22-13)29-33(31,32)12-4-5-14(20)23-8-12/h4-5,8-10H,6-7H2,1-3H3,(H2,20,23)(H,24,29)(H2,21,25,26,27,28). The molecular formula is C19H23N11O2S. The Kier molecular flexibility index (Phi) is 6.02. The fourth-order valence-corrected chi connectivity index (χ4v) is 3.90. The minimum absolute atomic E-state index is 0.0402. The third-order valence-electron chi connectivity index (χ3n) is 4.64. The Morgan fingerprint density at radius 3 is 2.58 bits per heavy atom. The SMILES string of the molecule is Cc1n[nH]c2nc(-c3cnc(NS(=O)(=O)c4ccc(N)nc4)cn3)nc(NCCN(C)C)c12. The third-order valence-corrected chi connectivity index (χ3v) is 5.98. The van der Waals surface area contributed by atoms with Crippen LogP contribution in [0.5, 0.6) is 0 Å². The molecule has 14 heteroatoms. The number of likely N-dealkylation sites (N-methyl/N-ethyl adjacent to an activating group) is 1. The molecule has 0 spiro atoms. The maximum absolute atomic E-state index is 12.5. The molecule has 0 amide bonds. The van der Waals surface area contributed by atoms with E-state index in [9.17, 15) is 8.42 Å². The van der Waals surface area contributed by atoms with Crippen LogP contribution in [0.3, 0.4) is 0 Å². The summed E-state index contributed by atoms with van der Waals surface area (Å²) >= 11 is 0. The maximum atomic E-state index is 12.5. The Morgan fingerprint density at radius 1 is 1.09 bits per heavy atom. The molecule has 0 saturated carbocycles. The number of sulfonamides is 1. The lowest BCUT2D eigenvalue weighted by atomic mass is 10.3. The smallest absolute Gasteiger partial charge is 0.264 e. The summed E-state index contributed by atoms with van der Waals surface area (Å²) in [6, 6.07) is 2.75. The van der Waals surface area contributed by atoms with Gasteiger partial charge >= 0.3 is 0 Å². The average Bonchev–Trinajstić information content (AvgIpc) is 3.15. The van der Waals surface area contributed by atoms with Crippen molar-refractivity contribution in [1.82, 2.24) is 40.0 Å². The van der Waals surface area contributed by atoms with E-state index >= 15 is 0 Å². The average molecular weight is 470 g/mol. The summed E-state index contributed by atoms with van der Waals surface area (Å²) < 4.78 is 27.4. The lowest BCUT2D eigenvalue weighted by Crippen LogP contribution is -2.21. The highest BCUT2D eigenvalue weighted by Gasteiger charge is 2.17. The van der Waals surface area contributed by atoms with Crippen molar-refractivity contribution in [2.75, 3.05) is 43.0 Å². The van der Waals surface area contributed by atoms with Crippen LogP contribution in [-0.2, 0) is 10.0 Å². The van der Waals surface area contributed by atoms with Gasteiger partial charge in [0.1, 0.15) is 22.2 Å². The number of anilines is 3. The molecule has 4 rings (SSSR count). The first-order valence-electron chi connectivity index (χ1n) is 9.91. The zero-order valence-electron chi connectivity index (χ0n) is 18.2. The van der Waals surface area contributed by atoms with Gasteiger partial charge in [-0.15, -0.1) is 0 Å². The highest BCUT2D eigenvalue weighted by atomic mass is 32.2. The van der Waals surface area contributed by atoms with Crippen LogP contribution in [-0.4, -0.2) is 75.6 Å². The first kappa shape index (κ1) is 22.3. The number of pyridine rings is 1. The molecule has 4 heterocycles. The van der Waals surface area contributed by atoms with Gasteiger partial charge in [-0.25, -0.2) is 33.3 Å². The van der Waals surface area contributed by atoms with Gasteiger partial charge in [0.25, 0.3) is 10.0 Å². The predicted molar refractivity (Wildman–Crippen MR) is 124 cm³/mol. The number of nitrogen functional groups attached to an aromatic ring is 1. The van der Waals surface area contributed by atoms with Gasteiger partial charge in [0.15, 0.2) is 17.3 Å². The second-order valence-corrected chi connectivity index (χ2v) is 9.15. The molecule has 4 aromatic rings. The van der Waals surface area contributed by atoms with E-state index in [1.807, 2.05) is 21.0 Å². The van der Waals surface area contributed by atoms with Crippen molar-refractivity contribution < 1.29 is 8.42 Å². The Bertz CT molecular complexity index is 1370. The van der Waals surface area contributed by atoms with Crippen LogP contribution in [0.25, 0.3) is 22.6 Å². The van der Waals surface area contributed by atoms with Crippen LogP contribution in [0, 0.1) is 6.92 Å². The summed E-state index contributed by atoms with van der Waals surface area (Å²) in [6.07, 6.45) is 3.86. The van der Waals surface area contributed by atoms with Gasteiger partial charge in [0.2, 0.25) is 0 Å². The molecule has 4 aromatic heterocycles. The van der Waals surface area contributed by atoms with Crippen LogP contribution in [0.2, 0.25) is 0 Å². The van der Waals surface area contributed by atoms with Gasteiger partial charge in [-0.1, -0.05) is 0 Å². The summed E-state index contributed by atoms with van der Waals surface area (Å²) in [7, 11) is 0.0873. The molecule has 0 aliphatic heterocycles. The van der Waals surface area contributed by atoms with Crippen LogP contribution < -0.4 is 15.8 Å². The van der Waals surface area contributed by atoms with Crippen LogP contribution >= 0.6 is 0 Å². The lowest BCUT2D eigenvalue weighted by Gasteiger charge is -2.12. The summed E-state index contributed by atoms with van der Waals surface area (Å²) in [5.74, 6) is 1.21. The molecule has 0 aromatic carbocycles. The van der Waals surface area contributed by atoms with Crippen molar-refractivity contribution in [3.05, 3.63) is 36.4 Å². The van der Waals surface area contributed by atoms with Gasteiger partial charge in [-0.2, -0.15) is 5.10 Å². The molecule has 0 fully saturated rings. The third kappa shape index (κ3) is 4.96. The molecule has 0 radical (unpaired) electrons. The van der Waals surface area contributed by atoms with E-state index in [1.54, 1.807) is 0 Å². The van der Waals surface area contributed by atoms with Gasteiger partial charge in [-0.3, -0.25) is 9.82 Å². The Labute approximate surface area is 190 Å². The molecule has 0 unspecified atom stereocenters. The van der Waals surface area contributed by atoms with Crippen molar-refractivity contribution in [3.8, 4) is 11.5 Å². The number of fused-ring (bicyclic) bond motifs is 1. The topological polar surface area (TPSA) is 181 Å². The minimum Gasteiger partial charge on any atom is -0.384 e. The normalized spacial score (nSPS) is 11.8. The van der Waals surface area contributed by atoms with E-state index in [4.69, 9.17) is 5.73 Å². The Morgan fingerprint density at radius 2 is 1.91 bits per heavy atom. The maximum Gasteiger partial charge on any atom is 0.264 e. The fourth-order valence-electron chi connectivity index (χ4n) is 2.96. The highest BCUT2D eigenvalue weighted by Crippen LogP contribution is 2.25. The number of hydrogen-bond donors (Lipinski definition) is 4. The molecule has 0 saturated heterocycles. The Hall–Kier alpha value is -3.91. The zero-order chi connectivity index (χ0) is 23.6. The molecule has 5 N–H and O–H groups in total. The molecule has 172 valence electrons. The quantitative estimate of drug-likeness (QED) is 0.287. The van der Waals surface area contributed by atoms with E-state index in [-0.39, 0.29) is 16.5 Å². The fraction of sp³-hybridized carbons (Fsp3) is 0.263. The molecule has 0 atom stereocenters. The van der Waals surface area contributed by atoms with Crippen LogP contribution in [0.4, 0.5) is 17.5 Å². The van der Waals surface area contributed by atoms with Crippen molar-refractivity contribution in [2.24, 2.45) is 0 Å². The summed E-state index contributed by atoms with van der Waals surface area (Å²) in [5, 5.41) is 11.2. The van der Waals surface area contributed by atoms with E-state index in [2.05, 4.69) is 50.1 Å². The molecule has 0 bridgehead atoms. The molecule has 13 nitrogen and oxygen atoms in total. The van der Waals surface area contributed by atoms with E-state index in [0.717, 1.165) is 17.6 Å². The number of nitrogens with zero attached hydrogens (tertiary/aromatic N) is 7.